The summed E-state index contributed by atoms with van der Waals surface area (Å²) in [4.78, 5) is 16.8. The zero-order valence-corrected chi connectivity index (χ0v) is 88.0. The van der Waals surface area contributed by atoms with E-state index in [4.69, 9.17) is 0 Å². The number of nitrogens with zero attached hydrogens (tertiary/aromatic N) is 10. The Morgan fingerprint density at radius 3 is 0.756 bits per heavy atom. The SMILES string of the molecule is CC(C)(C)N(c1ccccc1)c1ccccc1.CC(C)(C)n1c2ccccc2c2ccccc2c2ccccc2c2ccccc21.CC(C)(C)n1c2ccccc2c2ccccc2n(-c2ccccc2)c2ccccc21.CC(C)N(C(C)C)C(C)C.CC(C)N(C)C(C)(C)C.CC(C)N1CCCC1.CC(C)N1CCCCC1.CN(C)C(C)(C)C.CN(c1ccccc1)C(C)(C)C. The first-order valence-electron chi connectivity index (χ1n) is 49.0. The maximum absolute atomic E-state index is 2.56. The summed E-state index contributed by atoms with van der Waals surface area (Å²) in [6.07, 6.45) is 7.11. The van der Waals surface area contributed by atoms with Crippen molar-refractivity contribution in [3.05, 3.63) is 291 Å². The minimum Gasteiger partial charge on any atom is -0.370 e. The molecule has 708 valence electrons. The van der Waals surface area contributed by atoms with Gasteiger partial charge in [0.05, 0.1) is 16.6 Å². The van der Waals surface area contributed by atoms with Gasteiger partial charge in [-0.05, 0) is 387 Å². The molecule has 0 saturated carbocycles. The van der Waals surface area contributed by atoms with Gasteiger partial charge in [-0.2, -0.15) is 0 Å². The van der Waals surface area contributed by atoms with Gasteiger partial charge < -0.3 is 38.2 Å². The van der Waals surface area contributed by atoms with Crippen LogP contribution in [0.2, 0.25) is 0 Å². The van der Waals surface area contributed by atoms with Gasteiger partial charge in [0, 0.05) is 137 Å². The molecular weight excluding hydrogens is 1590 g/mol. The van der Waals surface area contributed by atoms with E-state index in [-0.39, 0.29) is 22.2 Å². The summed E-state index contributed by atoms with van der Waals surface area (Å²) in [6, 6.07) is 108. The second kappa shape index (κ2) is 49.8. The number of hydrogen-bond donors (Lipinski definition) is 0. The zero-order valence-electron chi connectivity index (χ0n) is 88.0. The van der Waals surface area contributed by atoms with Gasteiger partial charge in [0.15, 0.2) is 0 Å². The molecule has 0 aliphatic carbocycles. The van der Waals surface area contributed by atoms with Crippen molar-refractivity contribution in [1.82, 2.24) is 38.2 Å². The van der Waals surface area contributed by atoms with Gasteiger partial charge in [0.25, 0.3) is 0 Å². The third kappa shape index (κ3) is 31.7. The third-order valence-electron chi connectivity index (χ3n) is 25.1. The molecule has 2 aliphatic rings. The van der Waals surface area contributed by atoms with Crippen LogP contribution in [0.1, 0.15) is 240 Å². The Hall–Kier alpha value is -9.78. The van der Waals surface area contributed by atoms with E-state index in [2.05, 4.69) is 569 Å². The maximum atomic E-state index is 2.56. The Bertz CT molecular complexity index is 5470. The molecule has 2 aromatic heterocycles. The van der Waals surface area contributed by atoms with Crippen LogP contribution in [0.3, 0.4) is 0 Å². The number of aromatic nitrogens is 3. The van der Waals surface area contributed by atoms with Crippen LogP contribution < -0.4 is 9.80 Å². The Morgan fingerprint density at radius 1 is 0.237 bits per heavy atom. The molecule has 131 heavy (non-hydrogen) atoms. The van der Waals surface area contributed by atoms with Gasteiger partial charge >= 0.3 is 0 Å². The highest BCUT2D eigenvalue weighted by atomic mass is 15.2. The number of para-hydroxylation sites is 10. The van der Waals surface area contributed by atoms with E-state index in [1.165, 1.54) is 152 Å². The summed E-state index contributed by atoms with van der Waals surface area (Å²) >= 11 is 0. The first-order chi connectivity index (χ1) is 61.6. The van der Waals surface area contributed by atoms with Crippen molar-refractivity contribution in [1.29, 1.82) is 0 Å². The van der Waals surface area contributed by atoms with Crippen molar-refractivity contribution in [3.8, 4) is 5.69 Å². The molecule has 15 rings (SSSR count). The standard InChI is InChI=1S/C28H26N2.C28H25N.C16H19N.C11H17N.C9H21N.C8H17N.C8H19N.C7H15N.C6H15N/c1-28(2,3)30-25-18-10-8-16-23(25)22-15-7-9-17-24(22)29(21-13-5-4-6-14-21)26-19-11-12-20-27(26)30;1-28(2,3)29-26-18-10-8-16-24(26)22-14-6-4-12-20(22)21-13-5-7-15-23(21)25-17-9-11-19-27(25)29;1-16(2,3)17(14-10-6-4-7-11-14)15-12-8-5-9-13-15;1-11(2,3)12(4)10-8-6-5-7-9-10;1-7(2)10(8(3)4)9(5)6;1-8(2)9-6-4-3-5-7-9;1-7(2)9(6)8(3,4)5;1-7(2)8-5-3-4-6-8;1-6(2,3)7(4)5/h4-20H,1-3H3;4-19H,1-3H3;4-13H,1-3H3;5-9H,1-4H3;7-9H,1-6H3;8H,3-7H2,1-2H3;7H,1-6H3;7H,3-6H2,1-2H3;1-5H3. The predicted molar refractivity (Wildman–Crippen MR) is 585 cm³/mol. The molecule has 10 nitrogen and oxygen atoms in total. The summed E-state index contributed by atoms with van der Waals surface area (Å²) < 4.78 is 7.36. The fourth-order valence-electron chi connectivity index (χ4n) is 17.4. The van der Waals surface area contributed by atoms with E-state index >= 15 is 0 Å². The lowest BCUT2D eigenvalue weighted by Gasteiger charge is -2.37. The van der Waals surface area contributed by atoms with Crippen molar-refractivity contribution in [2.24, 2.45) is 0 Å². The van der Waals surface area contributed by atoms with E-state index in [1.54, 1.807) is 0 Å². The highest BCUT2D eigenvalue weighted by Crippen LogP contribution is 2.38. The van der Waals surface area contributed by atoms with Crippen LogP contribution in [-0.2, 0) is 11.1 Å². The minimum absolute atomic E-state index is 0.0582. The summed E-state index contributed by atoms with van der Waals surface area (Å²) in [5, 5.41) is 10.1. The lowest BCUT2D eigenvalue weighted by molar-refractivity contribution is 0.133. The number of benzene rings is 11. The molecule has 13 aromatic rings. The van der Waals surface area contributed by atoms with E-state index in [0.29, 0.717) is 35.2 Å². The second-order valence-electron chi connectivity index (χ2n) is 43.3. The van der Waals surface area contributed by atoms with Crippen LogP contribution in [0.25, 0.3) is 81.9 Å². The molecule has 11 aromatic carbocycles. The molecular formula is C121H174N10. The number of piperidine rings is 1. The predicted octanol–water partition coefficient (Wildman–Crippen LogP) is 32.5. The Morgan fingerprint density at radius 2 is 0.489 bits per heavy atom. The topological polar surface area (TPSA) is 37.5 Å². The summed E-state index contributed by atoms with van der Waals surface area (Å²) in [6.45, 7) is 72.6. The van der Waals surface area contributed by atoms with Crippen molar-refractivity contribution in [2.75, 3.05) is 64.2 Å². The highest BCUT2D eigenvalue weighted by molar-refractivity contribution is 6.19. The first-order valence-corrected chi connectivity index (χ1v) is 49.0. The zero-order chi connectivity index (χ0) is 96.9. The Labute approximate surface area is 796 Å². The second-order valence-corrected chi connectivity index (χ2v) is 43.3. The smallest absolute Gasteiger partial charge is 0.0699 e. The normalized spacial score (nSPS) is 13.4. The van der Waals surface area contributed by atoms with Crippen LogP contribution >= 0.6 is 0 Å². The maximum Gasteiger partial charge on any atom is 0.0699 e. The van der Waals surface area contributed by atoms with Gasteiger partial charge in [0.1, 0.15) is 0 Å². The van der Waals surface area contributed by atoms with Crippen LogP contribution in [-0.4, -0.2) is 151 Å². The molecule has 2 fully saturated rings. The van der Waals surface area contributed by atoms with E-state index in [1.807, 2.05) is 6.07 Å². The van der Waals surface area contributed by atoms with E-state index < -0.39 is 0 Å². The Kier molecular flexibility index (Phi) is 41.2. The monoisotopic (exact) mass is 1770 g/mol. The number of hydrogen-bond acceptors (Lipinski definition) is 7. The average molecular weight is 1770 g/mol. The molecule has 2 saturated heterocycles. The quantitative estimate of drug-likeness (QED) is 0.135. The number of anilines is 3. The first kappa shape index (κ1) is 108. The number of rotatable bonds is 10. The van der Waals surface area contributed by atoms with Gasteiger partial charge in [-0.15, -0.1) is 0 Å². The van der Waals surface area contributed by atoms with Crippen molar-refractivity contribution >= 4 is 93.3 Å². The summed E-state index contributed by atoms with van der Waals surface area (Å²) in [7, 11) is 8.44. The summed E-state index contributed by atoms with van der Waals surface area (Å²) in [5.74, 6) is 0. The molecule has 0 atom stereocenters. The van der Waals surface area contributed by atoms with Gasteiger partial charge in [0.2, 0.25) is 0 Å². The van der Waals surface area contributed by atoms with Crippen molar-refractivity contribution in [3.63, 3.8) is 0 Å². The Balaban J connectivity index is 0.000000213. The van der Waals surface area contributed by atoms with Gasteiger partial charge in [-0.25, -0.2) is 0 Å². The molecule has 0 N–H and O–H groups in total. The largest absolute Gasteiger partial charge is 0.370 e. The lowest BCUT2D eigenvalue weighted by atomic mass is 10.0. The highest BCUT2D eigenvalue weighted by Gasteiger charge is 2.26. The van der Waals surface area contributed by atoms with Crippen LogP contribution in [0.5, 0.6) is 0 Å². The molecule has 10 heteroatoms. The van der Waals surface area contributed by atoms with Gasteiger partial charge in [-0.3, -0.25) is 9.80 Å². The van der Waals surface area contributed by atoms with Crippen molar-refractivity contribution in [2.45, 2.75) is 309 Å². The van der Waals surface area contributed by atoms with Crippen LogP contribution in [0.15, 0.2) is 291 Å². The van der Waals surface area contributed by atoms with Crippen LogP contribution in [0.4, 0.5) is 17.1 Å². The van der Waals surface area contributed by atoms with Crippen LogP contribution in [0, 0.1) is 0 Å². The molecule has 4 heterocycles. The number of fused-ring (bicyclic) bond motifs is 11. The fraction of sp³-hybridized carbons (Fsp3) is 0.455. The lowest BCUT2D eigenvalue weighted by Crippen LogP contribution is -2.42. The summed E-state index contributed by atoms with van der Waals surface area (Å²) in [5.41, 5.74) is 12.9. The molecule has 0 bridgehead atoms. The molecule has 0 unspecified atom stereocenters. The fourth-order valence-corrected chi connectivity index (χ4v) is 17.4. The third-order valence-corrected chi connectivity index (χ3v) is 25.1. The number of likely N-dealkylation sites (tertiary alicyclic amines) is 2. The molecule has 2 aliphatic heterocycles. The molecule has 0 spiro atoms. The van der Waals surface area contributed by atoms with E-state index in [9.17, 15) is 0 Å². The van der Waals surface area contributed by atoms with Gasteiger partial charge in [-0.1, -0.05) is 213 Å². The average Bonchev–Trinajstić information content (AvgIpc) is 1.43. The van der Waals surface area contributed by atoms with Crippen molar-refractivity contribution < 1.29 is 0 Å². The van der Waals surface area contributed by atoms with E-state index in [0.717, 1.165) is 17.8 Å². The minimum atomic E-state index is -0.0964. The molecule has 0 amide bonds. The molecule has 0 radical (unpaired) electrons.